The van der Waals surface area contributed by atoms with Gasteiger partial charge in [0.1, 0.15) is 11.5 Å². The molecular formula is C15H17N5OS. The Hall–Kier alpha value is -2.15. The molecule has 22 heavy (non-hydrogen) atoms. The van der Waals surface area contributed by atoms with Gasteiger partial charge < -0.3 is 0 Å². The number of aromatic amines is 1. The summed E-state index contributed by atoms with van der Waals surface area (Å²) in [5.74, 6) is 1.47. The predicted molar refractivity (Wildman–Crippen MR) is 86.1 cm³/mol. The second kappa shape index (κ2) is 6.31. The second-order valence-corrected chi connectivity index (χ2v) is 6.06. The minimum absolute atomic E-state index is 0.0674. The van der Waals surface area contributed by atoms with Crippen molar-refractivity contribution in [3.63, 3.8) is 0 Å². The minimum Gasteiger partial charge on any atom is -0.269 e. The third-order valence-electron chi connectivity index (χ3n) is 3.22. The van der Waals surface area contributed by atoms with E-state index in [9.17, 15) is 4.79 Å². The largest absolute Gasteiger partial charge is 0.269 e. The minimum atomic E-state index is -0.0674. The van der Waals surface area contributed by atoms with Crippen LogP contribution in [0.4, 0.5) is 0 Å². The molecule has 0 aliphatic rings. The molecule has 0 fully saturated rings. The van der Waals surface area contributed by atoms with Gasteiger partial charge in [-0.15, -0.1) is 5.10 Å². The van der Waals surface area contributed by atoms with Gasteiger partial charge in [-0.2, -0.15) is 0 Å². The fourth-order valence-electron chi connectivity index (χ4n) is 2.16. The molecule has 0 aliphatic carbocycles. The number of aromatic nitrogens is 5. The van der Waals surface area contributed by atoms with Gasteiger partial charge in [-0.25, -0.2) is 9.97 Å². The van der Waals surface area contributed by atoms with Crippen LogP contribution in [0.3, 0.4) is 0 Å². The molecule has 0 atom stereocenters. The first-order valence-electron chi connectivity index (χ1n) is 7.18. The van der Waals surface area contributed by atoms with Crippen LogP contribution < -0.4 is 5.56 Å². The molecule has 0 saturated carbocycles. The summed E-state index contributed by atoms with van der Waals surface area (Å²) < 4.78 is 1.55. The summed E-state index contributed by atoms with van der Waals surface area (Å²) in [5.41, 5.74) is 2.42. The van der Waals surface area contributed by atoms with Crippen LogP contribution in [0.15, 0.2) is 34.3 Å². The zero-order valence-electron chi connectivity index (χ0n) is 12.5. The third-order valence-corrected chi connectivity index (χ3v) is 4.10. The maximum atomic E-state index is 12.1. The van der Waals surface area contributed by atoms with Gasteiger partial charge in [0.05, 0.1) is 5.69 Å². The highest BCUT2D eigenvalue weighted by Crippen LogP contribution is 2.18. The lowest BCUT2D eigenvalue weighted by molar-refractivity contribution is 0.840. The van der Waals surface area contributed by atoms with Gasteiger partial charge in [-0.1, -0.05) is 18.7 Å². The highest BCUT2D eigenvalue weighted by Gasteiger charge is 2.07. The fraction of sp³-hybridized carbons (Fsp3) is 0.333. The van der Waals surface area contributed by atoms with E-state index in [0.29, 0.717) is 16.6 Å². The Bertz CT molecular complexity index is 855. The van der Waals surface area contributed by atoms with E-state index < -0.39 is 0 Å². The molecule has 0 aliphatic heterocycles. The first kappa shape index (κ1) is 14.8. The van der Waals surface area contributed by atoms with Crippen molar-refractivity contribution in [2.24, 2.45) is 0 Å². The molecular weight excluding hydrogens is 298 g/mol. The molecule has 0 aromatic carbocycles. The predicted octanol–water partition coefficient (Wildman–Crippen LogP) is 2.37. The molecule has 1 N–H and O–H groups in total. The molecule has 6 nitrogen and oxygen atoms in total. The lowest BCUT2D eigenvalue weighted by atomic mass is 10.3. The highest BCUT2D eigenvalue weighted by atomic mass is 32.2. The van der Waals surface area contributed by atoms with Crippen molar-refractivity contribution in [3.8, 4) is 0 Å². The second-order valence-electron chi connectivity index (χ2n) is 5.12. The molecule has 3 heterocycles. The zero-order chi connectivity index (χ0) is 15.5. The summed E-state index contributed by atoms with van der Waals surface area (Å²) in [7, 11) is 0. The van der Waals surface area contributed by atoms with Crippen LogP contribution in [0.25, 0.3) is 5.65 Å². The van der Waals surface area contributed by atoms with Crippen LogP contribution in [0.5, 0.6) is 0 Å². The molecule has 0 bridgehead atoms. The van der Waals surface area contributed by atoms with Gasteiger partial charge in [-0.3, -0.25) is 14.3 Å². The quantitative estimate of drug-likeness (QED) is 0.732. The number of nitrogens with one attached hydrogen (secondary N) is 1. The number of hydrogen-bond donors (Lipinski definition) is 1. The van der Waals surface area contributed by atoms with E-state index in [0.717, 1.165) is 29.9 Å². The van der Waals surface area contributed by atoms with Crippen LogP contribution >= 0.6 is 11.8 Å². The van der Waals surface area contributed by atoms with E-state index in [1.165, 1.54) is 11.8 Å². The van der Waals surface area contributed by atoms with E-state index in [1.54, 1.807) is 16.7 Å². The van der Waals surface area contributed by atoms with Crippen molar-refractivity contribution in [2.45, 2.75) is 37.6 Å². The van der Waals surface area contributed by atoms with Crippen LogP contribution in [0.1, 0.15) is 30.4 Å². The Labute approximate surface area is 132 Å². The van der Waals surface area contributed by atoms with Crippen molar-refractivity contribution >= 4 is 17.4 Å². The summed E-state index contributed by atoms with van der Waals surface area (Å²) >= 11 is 1.48. The average Bonchev–Trinajstić information content (AvgIpc) is 2.93. The average molecular weight is 315 g/mol. The Balaban J connectivity index is 1.79. The normalized spacial score (nSPS) is 11.2. The van der Waals surface area contributed by atoms with Crippen LogP contribution in [0.2, 0.25) is 0 Å². The molecule has 3 rings (SSSR count). The molecule has 0 saturated heterocycles. The summed E-state index contributed by atoms with van der Waals surface area (Å²) in [4.78, 5) is 21.0. The van der Waals surface area contributed by atoms with Crippen LogP contribution in [-0.2, 0) is 12.2 Å². The Morgan fingerprint density at radius 2 is 2.18 bits per heavy atom. The number of nitrogens with zero attached hydrogens (tertiary/aromatic N) is 4. The maximum Gasteiger partial charge on any atom is 0.258 e. The lowest BCUT2D eigenvalue weighted by Crippen LogP contribution is -2.15. The van der Waals surface area contributed by atoms with Crippen molar-refractivity contribution < 1.29 is 0 Å². The van der Waals surface area contributed by atoms with Crippen molar-refractivity contribution in [1.29, 1.82) is 0 Å². The molecule has 3 aromatic heterocycles. The molecule has 114 valence electrons. The SMILES string of the molecule is CCCc1nc(SCc2cc(=O)n3ccc(C)cc3n2)n[nH]1. The fourth-order valence-corrected chi connectivity index (χ4v) is 2.87. The lowest BCUT2D eigenvalue weighted by Gasteiger charge is -2.03. The van der Waals surface area contributed by atoms with Crippen molar-refractivity contribution in [1.82, 2.24) is 24.6 Å². The molecule has 7 heteroatoms. The number of thioether (sulfide) groups is 1. The Morgan fingerprint density at radius 3 is 3.00 bits per heavy atom. The number of aryl methyl sites for hydroxylation is 2. The van der Waals surface area contributed by atoms with E-state index >= 15 is 0 Å². The topological polar surface area (TPSA) is 75.9 Å². The van der Waals surface area contributed by atoms with E-state index in [4.69, 9.17) is 0 Å². The van der Waals surface area contributed by atoms with Gasteiger partial charge in [0.25, 0.3) is 5.56 Å². The third kappa shape index (κ3) is 3.19. The van der Waals surface area contributed by atoms with Gasteiger partial charge in [-0.05, 0) is 31.0 Å². The maximum absolute atomic E-state index is 12.1. The molecule has 0 spiro atoms. The monoisotopic (exact) mass is 315 g/mol. The first-order chi connectivity index (χ1) is 10.7. The summed E-state index contributed by atoms with van der Waals surface area (Å²) in [6.07, 6.45) is 3.67. The summed E-state index contributed by atoms with van der Waals surface area (Å²) in [5, 5.41) is 7.78. The molecule has 0 amide bonds. The van der Waals surface area contributed by atoms with Crippen molar-refractivity contribution in [3.05, 3.63) is 51.8 Å². The highest BCUT2D eigenvalue weighted by molar-refractivity contribution is 7.98. The summed E-state index contributed by atoms with van der Waals surface area (Å²) in [6.45, 7) is 4.08. The van der Waals surface area contributed by atoms with Crippen molar-refractivity contribution in [2.75, 3.05) is 0 Å². The molecule has 0 unspecified atom stereocenters. The first-order valence-corrected chi connectivity index (χ1v) is 8.17. The molecule has 0 radical (unpaired) electrons. The smallest absolute Gasteiger partial charge is 0.258 e. The standard InChI is InChI=1S/C15H17N5OS/c1-3-4-12-17-15(19-18-12)22-9-11-8-14(21)20-6-5-10(2)7-13(20)16-11/h5-8H,3-4,9H2,1-2H3,(H,17,18,19). The number of pyridine rings is 1. The van der Waals surface area contributed by atoms with Gasteiger partial charge in [0, 0.05) is 24.4 Å². The van der Waals surface area contributed by atoms with Gasteiger partial charge in [0.15, 0.2) is 0 Å². The van der Waals surface area contributed by atoms with Gasteiger partial charge >= 0.3 is 0 Å². The van der Waals surface area contributed by atoms with Crippen LogP contribution in [0, 0.1) is 6.92 Å². The Morgan fingerprint density at radius 1 is 1.32 bits per heavy atom. The van der Waals surface area contributed by atoms with E-state index in [-0.39, 0.29) is 5.56 Å². The van der Waals surface area contributed by atoms with Gasteiger partial charge in [0.2, 0.25) is 5.16 Å². The number of hydrogen-bond acceptors (Lipinski definition) is 5. The Kier molecular flexibility index (Phi) is 4.24. The van der Waals surface area contributed by atoms with E-state index in [1.807, 2.05) is 19.1 Å². The molecule has 3 aromatic rings. The summed E-state index contributed by atoms with van der Waals surface area (Å²) in [6, 6.07) is 5.37. The number of H-pyrrole nitrogens is 1. The number of fused-ring (bicyclic) bond motifs is 1. The van der Waals surface area contributed by atoms with E-state index in [2.05, 4.69) is 27.1 Å². The van der Waals surface area contributed by atoms with Crippen LogP contribution in [-0.4, -0.2) is 24.6 Å². The number of rotatable bonds is 5. The zero-order valence-corrected chi connectivity index (χ0v) is 13.4.